The standard InChI is InChI=1S/C33H37BrN2O3/c1-3-39-31(38)32(25-14-16-29(34)17-15-25)19-22-36(23-20-32)21-18-28-24-35(2)30(37)33(28,26-10-6-4-7-11-26)27-12-8-5-9-13-27/h4-17,28H,3,18-24H2,1-2H3. The first-order valence-corrected chi connectivity index (χ1v) is 14.7. The number of piperidine rings is 1. The van der Waals surface area contributed by atoms with Crippen LogP contribution in [0.4, 0.5) is 0 Å². The van der Waals surface area contributed by atoms with Crippen molar-refractivity contribution in [2.45, 2.75) is 37.0 Å². The number of carbonyl (C=O) groups is 2. The van der Waals surface area contributed by atoms with E-state index in [-0.39, 0.29) is 17.8 Å². The molecule has 3 aromatic carbocycles. The third-order valence-electron chi connectivity index (χ3n) is 8.82. The van der Waals surface area contributed by atoms with Gasteiger partial charge in [0.2, 0.25) is 5.91 Å². The van der Waals surface area contributed by atoms with Crippen molar-refractivity contribution in [3.8, 4) is 0 Å². The summed E-state index contributed by atoms with van der Waals surface area (Å²) in [5.74, 6) is 0.185. The number of likely N-dealkylation sites (N-methyl/N-ethyl adjacent to an activating group) is 1. The summed E-state index contributed by atoms with van der Waals surface area (Å²) >= 11 is 3.52. The van der Waals surface area contributed by atoms with Crippen LogP contribution >= 0.6 is 15.9 Å². The van der Waals surface area contributed by atoms with Gasteiger partial charge in [0.25, 0.3) is 0 Å². The zero-order chi connectivity index (χ0) is 27.5. The van der Waals surface area contributed by atoms with Crippen molar-refractivity contribution >= 4 is 27.8 Å². The molecule has 6 heteroatoms. The molecule has 0 bridgehead atoms. The van der Waals surface area contributed by atoms with Crippen molar-refractivity contribution in [1.82, 2.24) is 9.80 Å². The van der Waals surface area contributed by atoms with Gasteiger partial charge in [0, 0.05) is 24.0 Å². The molecule has 0 saturated carbocycles. The maximum Gasteiger partial charge on any atom is 0.316 e. The second-order valence-corrected chi connectivity index (χ2v) is 11.8. The van der Waals surface area contributed by atoms with E-state index in [9.17, 15) is 9.59 Å². The fourth-order valence-corrected chi connectivity index (χ4v) is 7.03. The maximum absolute atomic E-state index is 13.9. The number of hydrogen-bond acceptors (Lipinski definition) is 4. The van der Waals surface area contributed by atoms with Crippen LogP contribution in [0.25, 0.3) is 0 Å². The topological polar surface area (TPSA) is 49.9 Å². The predicted molar refractivity (Wildman–Crippen MR) is 158 cm³/mol. The highest BCUT2D eigenvalue weighted by Gasteiger charge is 2.55. The lowest BCUT2D eigenvalue weighted by Crippen LogP contribution is -2.49. The Bertz CT molecular complexity index is 1230. The van der Waals surface area contributed by atoms with Crippen LogP contribution in [-0.2, 0) is 25.2 Å². The van der Waals surface area contributed by atoms with Gasteiger partial charge in [-0.3, -0.25) is 9.59 Å². The number of halogens is 1. The molecule has 1 atom stereocenters. The molecule has 204 valence electrons. The highest BCUT2D eigenvalue weighted by Crippen LogP contribution is 2.47. The predicted octanol–water partition coefficient (Wildman–Crippen LogP) is 5.81. The number of ether oxygens (including phenoxy) is 1. The van der Waals surface area contributed by atoms with Gasteiger partial charge in [-0.15, -0.1) is 0 Å². The van der Waals surface area contributed by atoms with Gasteiger partial charge in [-0.1, -0.05) is 88.7 Å². The summed E-state index contributed by atoms with van der Waals surface area (Å²) in [5.41, 5.74) is 1.84. The summed E-state index contributed by atoms with van der Waals surface area (Å²) in [5, 5.41) is 0. The quantitative estimate of drug-likeness (QED) is 0.312. The van der Waals surface area contributed by atoms with Crippen LogP contribution < -0.4 is 0 Å². The Morgan fingerprint density at radius 3 is 2.00 bits per heavy atom. The summed E-state index contributed by atoms with van der Waals surface area (Å²) < 4.78 is 6.58. The summed E-state index contributed by atoms with van der Waals surface area (Å²) in [6.45, 7) is 5.48. The molecule has 0 aliphatic carbocycles. The number of esters is 1. The third-order valence-corrected chi connectivity index (χ3v) is 9.34. The molecular formula is C33H37BrN2O3. The van der Waals surface area contributed by atoms with Gasteiger partial charge in [-0.2, -0.15) is 0 Å². The first-order valence-electron chi connectivity index (χ1n) is 13.9. The van der Waals surface area contributed by atoms with E-state index in [4.69, 9.17) is 4.74 Å². The number of nitrogens with zero attached hydrogens (tertiary/aromatic N) is 2. The third kappa shape index (κ3) is 5.05. The Balaban J connectivity index is 1.37. The van der Waals surface area contributed by atoms with Crippen LogP contribution in [-0.4, -0.2) is 61.5 Å². The van der Waals surface area contributed by atoms with E-state index < -0.39 is 10.8 Å². The Kier molecular flexibility index (Phi) is 8.24. The fourth-order valence-electron chi connectivity index (χ4n) is 6.77. The molecule has 2 aliphatic rings. The molecule has 1 unspecified atom stereocenters. The van der Waals surface area contributed by atoms with Gasteiger partial charge in [0.05, 0.1) is 12.0 Å². The minimum atomic E-state index is -0.695. The Hall–Kier alpha value is -2.96. The van der Waals surface area contributed by atoms with Crippen LogP contribution in [0.1, 0.15) is 42.9 Å². The SMILES string of the molecule is CCOC(=O)C1(c2ccc(Br)cc2)CCN(CCC2CN(C)C(=O)C2(c2ccccc2)c2ccccc2)CC1. The first kappa shape index (κ1) is 27.6. The average molecular weight is 590 g/mol. The van der Waals surface area contributed by atoms with Crippen molar-refractivity contribution in [2.24, 2.45) is 5.92 Å². The number of benzene rings is 3. The van der Waals surface area contributed by atoms with E-state index >= 15 is 0 Å². The lowest BCUT2D eigenvalue weighted by molar-refractivity contribution is -0.152. The molecule has 0 radical (unpaired) electrons. The maximum atomic E-state index is 13.9. The minimum Gasteiger partial charge on any atom is -0.465 e. The molecule has 0 aromatic heterocycles. The van der Waals surface area contributed by atoms with E-state index in [1.807, 2.05) is 79.5 Å². The lowest BCUT2D eigenvalue weighted by atomic mass is 9.66. The summed E-state index contributed by atoms with van der Waals surface area (Å²) in [7, 11) is 1.93. The van der Waals surface area contributed by atoms with E-state index in [0.29, 0.717) is 6.61 Å². The molecule has 2 heterocycles. The molecule has 5 rings (SSSR count). The smallest absolute Gasteiger partial charge is 0.316 e. The first-order chi connectivity index (χ1) is 18.9. The van der Waals surface area contributed by atoms with Crippen molar-refractivity contribution < 1.29 is 14.3 Å². The normalized spacial score (nSPS) is 20.6. The van der Waals surface area contributed by atoms with Gasteiger partial charge in [-0.05, 0) is 74.6 Å². The number of amides is 1. The van der Waals surface area contributed by atoms with Gasteiger partial charge >= 0.3 is 5.97 Å². The molecule has 1 amide bonds. The molecule has 5 nitrogen and oxygen atoms in total. The number of rotatable bonds is 8. The summed E-state index contributed by atoms with van der Waals surface area (Å²) in [6, 6.07) is 28.7. The van der Waals surface area contributed by atoms with E-state index in [0.717, 1.165) is 66.6 Å². The molecule has 0 spiro atoms. The van der Waals surface area contributed by atoms with Crippen LogP contribution in [0, 0.1) is 5.92 Å². The van der Waals surface area contributed by atoms with Crippen LogP contribution in [0.15, 0.2) is 89.4 Å². The molecule has 2 aliphatic heterocycles. The fraction of sp³-hybridized carbons (Fsp3) is 0.394. The molecular weight excluding hydrogens is 552 g/mol. The number of hydrogen-bond donors (Lipinski definition) is 0. The second-order valence-electron chi connectivity index (χ2n) is 10.9. The Labute approximate surface area is 240 Å². The van der Waals surface area contributed by atoms with Crippen LogP contribution in [0.2, 0.25) is 0 Å². The van der Waals surface area contributed by atoms with E-state index in [1.54, 1.807) is 0 Å². The molecule has 2 fully saturated rings. The van der Waals surface area contributed by atoms with Crippen molar-refractivity contribution in [3.63, 3.8) is 0 Å². The summed E-state index contributed by atoms with van der Waals surface area (Å²) in [6.07, 6.45) is 2.34. The van der Waals surface area contributed by atoms with Gasteiger partial charge in [-0.25, -0.2) is 0 Å². The zero-order valence-electron chi connectivity index (χ0n) is 22.8. The van der Waals surface area contributed by atoms with Gasteiger partial charge < -0.3 is 14.5 Å². The highest BCUT2D eigenvalue weighted by atomic mass is 79.9. The largest absolute Gasteiger partial charge is 0.465 e. The monoisotopic (exact) mass is 588 g/mol. The number of carbonyl (C=O) groups excluding carboxylic acids is 2. The van der Waals surface area contributed by atoms with Crippen molar-refractivity contribution in [1.29, 1.82) is 0 Å². The van der Waals surface area contributed by atoms with E-state index in [2.05, 4.69) is 45.1 Å². The molecule has 0 N–H and O–H groups in total. The van der Waals surface area contributed by atoms with Gasteiger partial charge in [0.15, 0.2) is 0 Å². The molecule has 3 aromatic rings. The molecule has 2 saturated heterocycles. The van der Waals surface area contributed by atoms with Crippen LogP contribution in [0.5, 0.6) is 0 Å². The van der Waals surface area contributed by atoms with Crippen molar-refractivity contribution in [2.75, 3.05) is 39.8 Å². The average Bonchev–Trinajstić information content (AvgIpc) is 3.23. The number of likely N-dealkylation sites (tertiary alicyclic amines) is 2. The highest BCUT2D eigenvalue weighted by molar-refractivity contribution is 9.10. The second kappa shape index (κ2) is 11.6. The molecule has 39 heavy (non-hydrogen) atoms. The summed E-state index contributed by atoms with van der Waals surface area (Å²) in [4.78, 5) is 31.6. The zero-order valence-corrected chi connectivity index (χ0v) is 24.4. The van der Waals surface area contributed by atoms with Crippen LogP contribution in [0.3, 0.4) is 0 Å². The Morgan fingerprint density at radius 2 is 1.46 bits per heavy atom. The lowest BCUT2D eigenvalue weighted by Gasteiger charge is -2.41. The van der Waals surface area contributed by atoms with Gasteiger partial charge in [0.1, 0.15) is 5.41 Å². The van der Waals surface area contributed by atoms with Crippen molar-refractivity contribution in [3.05, 3.63) is 106 Å². The minimum absolute atomic E-state index is 0.123. The Morgan fingerprint density at radius 1 is 0.897 bits per heavy atom. The van der Waals surface area contributed by atoms with E-state index in [1.165, 1.54) is 0 Å².